The number of carbonyl (C=O) groups excluding carboxylic acids is 1. The Kier molecular flexibility index (Phi) is 4.41. The number of aliphatic hydroxyl groups excluding tert-OH is 1. The van der Waals surface area contributed by atoms with Crippen molar-refractivity contribution in [3.63, 3.8) is 0 Å². The molecule has 3 N–H and O–H groups in total. The van der Waals surface area contributed by atoms with Crippen molar-refractivity contribution in [1.29, 1.82) is 0 Å². The summed E-state index contributed by atoms with van der Waals surface area (Å²) in [5, 5.41) is 17.9. The molecule has 0 spiro atoms. The van der Waals surface area contributed by atoms with E-state index in [-0.39, 0.29) is 24.6 Å². The lowest BCUT2D eigenvalue weighted by molar-refractivity contribution is -0.115. The van der Waals surface area contributed by atoms with Crippen molar-refractivity contribution in [3.05, 3.63) is 42.5 Å². The minimum Gasteiger partial charge on any atom is -0.394 e. The smallest absolute Gasteiger partial charge is 0.238 e. The van der Waals surface area contributed by atoms with Crippen molar-refractivity contribution < 1.29 is 9.90 Å². The molecule has 1 fully saturated rings. The van der Waals surface area contributed by atoms with Crippen molar-refractivity contribution in [3.8, 4) is 0 Å². The molecule has 0 bridgehead atoms. The van der Waals surface area contributed by atoms with E-state index in [1.165, 1.54) is 0 Å². The molecular weight excluding hydrogens is 276 g/mol. The molecule has 2 aromatic rings. The second kappa shape index (κ2) is 6.46. The van der Waals surface area contributed by atoms with Crippen LogP contribution < -0.4 is 10.6 Å². The fraction of sp³-hybridized carbons (Fsp3) is 0.389. The molecule has 0 atom stereocenters. The summed E-state index contributed by atoms with van der Waals surface area (Å²) in [5.41, 5.74) is 0.560. The third kappa shape index (κ3) is 3.13. The molecule has 116 valence electrons. The van der Waals surface area contributed by atoms with Gasteiger partial charge in [-0.3, -0.25) is 4.79 Å². The standard InChI is InChI=1S/C18H22N2O2/c21-13-18(10-3-4-11-18)19-12-17(22)20-16-9-5-7-14-6-1-2-8-15(14)16/h1-2,5-9,19,21H,3-4,10-13H2,(H,20,22). The molecule has 22 heavy (non-hydrogen) atoms. The number of aliphatic hydroxyl groups is 1. The van der Waals surface area contributed by atoms with Crippen LogP contribution >= 0.6 is 0 Å². The van der Waals surface area contributed by atoms with Gasteiger partial charge >= 0.3 is 0 Å². The Morgan fingerprint density at radius 1 is 1.09 bits per heavy atom. The normalized spacial score (nSPS) is 16.8. The van der Waals surface area contributed by atoms with Crippen LogP contribution in [0.15, 0.2) is 42.5 Å². The Morgan fingerprint density at radius 3 is 2.59 bits per heavy atom. The van der Waals surface area contributed by atoms with E-state index < -0.39 is 0 Å². The van der Waals surface area contributed by atoms with Gasteiger partial charge in [-0.15, -0.1) is 0 Å². The van der Waals surface area contributed by atoms with Crippen LogP contribution in [0.4, 0.5) is 5.69 Å². The number of fused-ring (bicyclic) bond motifs is 1. The van der Waals surface area contributed by atoms with Crippen LogP contribution in [-0.4, -0.2) is 29.7 Å². The first-order valence-electron chi connectivity index (χ1n) is 7.86. The molecule has 0 heterocycles. The van der Waals surface area contributed by atoms with Crippen molar-refractivity contribution in [2.24, 2.45) is 0 Å². The molecular formula is C18H22N2O2. The molecule has 2 aromatic carbocycles. The fourth-order valence-corrected chi connectivity index (χ4v) is 3.24. The van der Waals surface area contributed by atoms with E-state index >= 15 is 0 Å². The number of hydrogen-bond acceptors (Lipinski definition) is 3. The highest BCUT2D eigenvalue weighted by atomic mass is 16.3. The molecule has 1 aliphatic rings. The Balaban J connectivity index is 1.66. The van der Waals surface area contributed by atoms with E-state index in [9.17, 15) is 9.90 Å². The molecule has 0 aliphatic heterocycles. The van der Waals surface area contributed by atoms with E-state index in [0.717, 1.165) is 42.1 Å². The molecule has 3 rings (SSSR count). The first-order valence-corrected chi connectivity index (χ1v) is 7.86. The van der Waals surface area contributed by atoms with Crippen LogP contribution in [0, 0.1) is 0 Å². The van der Waals surface area contributed by atoms with Gasteiger partial charge in [0.05, 0.1) is 13.2 Å². The van der Waals surface area contributed by atoms with Gasteiger partial charge in [-0.1, -0.05) is 49.2 Å². The van der Waals surface area contributed by atoms with Crippen molar-refractivity contribution >= 4 is 22.4 Å². The highest BCUT2D eigenvalue weighted by Crippen LogP contribution is 2.29. The van der Waals surface area contributed by atoms with E-state index in [2.05, 4.69) is 10.6 Å². The van der Waals surface area contributed by atoms with Gasteiger partial charge in [-0.05, 0) is 24.3 Å². The Hall–Kier alpha value is -1.91. The van der Waals surface area contributed by atoms with Gasteiger partial charge < -0.3 is 15.7 Å². The third-order valence-electron chi connectivity index (χ3n) is 4.55. The predicted octanol–water partition coefficient (Wildman–Crippen LogP) is 2.67. The fourth-order valence-electron chi connectivity index (χ4n) is 3.24. The lowest BCUT2D eigenvalue weighted by Crippen LogP contribution is -2.49. The number of benzene rings is 2. The summed E-state index contributed by atoms with van der Waals surface area (Å²) in [6.45, 7) is 0.318. The van der Waals surface area contributed by atoms with E-state index in [4.69, 9.17) is 0 Å². The van der Waals surface area contributed by atoms with Gasteiger partial charge in [-0.2, -0.15) is 0 Å². The minimum absolute atomic E-state index is 0.0731. The Labute approximate surface area is 130 Å². The van der Waals surface area contributed by atoms with Crippen LogP contribution in [0.2, 0.25) is 0 Å². The van der Waals surface area contributed by atoms with Crippen LogP contribution in [-0.2, 0) is 4.79 Å². The molecule has 1 amide bonds. The zero-order chi connectivity index (χ0) is 15.4. The zero-order valence-electron chi connectivity index (χ0n) is 12.6. The summed E-state index contributed by atoms with van der Waals surface area (Å²) in [4.78, 5) is 12.2. The van der Waals surface area contributed by atoms with Gasteiger partial charge in [-0.25, -0.2) is 0 Å². The number of hydrogen-bond donors (Lipinski definition) is 3. The first-order chi connectivity index (χ1) is 10.7. The molecule has 0 unspecified atom stereocenters. The summed E-state index contributed by atoms with van der Waals surface area (Å²) < 4.78 is 0. The number of carbonyl (C=O) groups is 1. The summed E-state index contributed by atoms with van der Waals surface area (Å²) >= 11 is 0. The van der Waals surface area contributed by atoms with Gasteiger partial charge in [0.2, 0.25) is 5.91 Å². The van der Waals surface area contributed by atoms with Crippen molar-refractivity contribution in [2.45, 2.75) is 31.2 Å². The molecule has 0 radical (unpaired) electrons. The summed E-state index contributed by atoms with van der Waals surface area (Å²) in [6, 6.07) is 13.9. The predicted molar refractivity (Wildman–Crippen MR) is 88.9 cm³/mol. The number of anilines is 1. The average molecular weight is 298 g/mol. The molecule has 0 aromatic heterocycles. The van der Waals surface area contributed by atoms with Crippen molar-refractivity contribution in [2.75, 3.05) is 18.5 Å². The third-order valence-corrected chi connectivity index (χ3v) is 4.55. The second-order valence-electron chi connectivity index (χ2n) is 6.07. The minimum atomic E-state index is -0.268. The topological polar surface area (TPSA) is 61.4 Å². The number of rotatable bonds is 5. The number of nitrogens with one attached hydrogen (secondary N) is 2. The van der Waals surface area contributed by atoms with E-state index in [1.54, 1.807) is 0 Å². The maximum absolute atomic E-state index is 12.2. The summed E-state index contributed by atoms with van der Waals surface area (Å²) in [6.07, 6.45) is 4.09. The van der Waals surface area contributed by atoms with Crippen LogP contribution in [0.25, 0.3) is 10.8 Å². The summed E-state index contributed by atoms with van der Waals surface area (Å²) in [5.74, 6) is -0.0731. The van der Waals surface area contributed by atoms with Gasteiger partial charge in [0.25, 0.3) is 0 Å². The van der Waals surface area contributed by atoms with Gasteiger partial charge in [0.15, 0.2) is 0 Å². The molecule has 1 aliphatic carbocycles. The van der Waals surface area contributed by atoms with Crippen LogP contribution in [0.1, 0.15) is 25.7 Å². The maximum Gasteiger partial charge on any atom is 0.238 e. The molecule has 4 nitrogen and oxygen atoms in total. The van der Waals surface area contributed by atoms with Gasteiger partial charge in [0.1, 0.15) is 0 Å². The Morgan fingerprint density at radius 2 is 1.82 bits per heavy atom. The largest absolute Gasteiger partial charge is 0.394 e. The highest BCUT2D eigenvalue weighted by molar-refractivity contribution is 6.02. The van der Waals surface area contributed by atoms with Crippen LogP contribution in [0.3, 0.4) is 0 Å². The molecule has 0 saturated heterocycles. The monoisotopic (exact) mass is 298 g/mol. The Bertz CT molecular complexity index is 658. The molecule has 1 saturated carbocycles. The first kappa shape index (κ1) is 15.0. The van der Waals surface area contributed by atoms with Crippen LogP contribution in [0.5, 0.6) is 0 Å². The highest BCUT2D eigenvalue weighted by Gasteiger charge is 2.32. The second-order valence-corrected chi connectivity index (χ2v) is 6.07. The summed E-state index contributed by atoms with van der Waals surface area (Å²) in [7, 11) is 0. The quantitative estimate of drug-likeness (QED) is 0.795. The number of amides is 1. The van der Waals surface area contributed by atoms with E-state index in [0.29, 0.717) is 0 Å². The molecule has 4 heteroatoms. The lowest BCUT2D eigenvalue weighted by Gasteiger charge is -2.27. The van der Waals surface area contributed by atoms with Crippen molar-refractivity contribution in [1.82, 2.24) is 5.32 Å². The van der Waals surface area contributed by atoms with Gasteiger partial charge in [0, 0.05) is 16.6 Å². The van der Waals surface area contributed by atoms with E-state index in [1.807, 2.05) is 42.5 Å². The SMILES string of the molecule is O=C(CNC1(CO)CCCC1)Nc1cccc2ccccc12. The zero-order valence-corrected chi connectivity index (χ0v) is 12.6. The lowest BCUT2D eigenvalue weighted by atomic mass is 9.99. The average Bonchev–Trinajstić information content (AvgIpc) is 3.03. The maximum atomic E-state index is 12.2.